The molecule has 1 aromatic heterocycles. The van der Waals surface area contributed by atoms with E-state index in [9.17, 15) is 4.79 Å². The van der Waals surface area contributed by atoms with Crippen molar-refractivity contribution >= 4 is 5.97 Å². The van der Waals surface area contributed by atoms with E-state index in [1.165, 1.54) is 0 Å². The Kier molecular flexibility index (Phi) is 3.68. The molecule has 0 aromatic carbocycles. The molecule has 0 spiro atoms. The van der Waals surface area contributed by atoms with Crippen molar-refractivity contribution < 1.29 is 9.53 Å². The van der Waals surface area contributed by atoms with E-state index in [-0.39, 0.29) is 12.1 Å². The van der Waals surface area contributed by atoms with Gasteiger partial charge in [0.25, 0.3) is 0 Å². The SMILES string of the molecule is CC(C)CC(=O)O[C@@H](C)c1c[nH]cn1. The van der Waals surface area contributed by atoms with Crippen LogP contribution in [0.4, 0.5) is 0 Å². The maximum Gasteiger partial charge on any atom is 0.306 e. The van der Waals surface area contributed by atoms with E-state index < -0.39 is 0 Å². The Bertz CT molecular complexity index is 280. The van der Waals surface area contributed by atoms with Gasteiger partial charge in [0.15, 0.2) is 0 Å². The highest BCUT2D eigenvalue weighted by atomic mass is 16.5. The van der Waals surface area contributed by atoms with Crippen molar-refractivity contribution in [2.45, 2.75) is 33.3 Å². The smallest absolute Gasteiger partial charge is 0.306 e. The van der Waals surface area contributed by atoms with E-state index in [4.69, 9.17) is 4.74 Å². The van der Waals surface area contributed by atoms with Crippen molar-refractivity contribution in [1.82, 2.24) is 9.97 Å². The zero-order chi connectivity index (χ0) is 10.6. The molecule has 0 saturated heterocycles. The zero-order valence-corrected chi connectivity index (χ0v) is 8.78. The van der Waals surface area contributed by atoms with E-state index in [1.807, 2.05) is 20.8 Å². The predicted octanol–water partition coefficient (Wildman–Crippen LogP) is 2.06. The Morgan fingerprint density at radius 1 is 1.57 bits per heavy atom. The molecular formula is C10H16N2O2. The summed E-state index contributed by atoms with van der Waals surface area (Å²) in [6.45, 7) is 5.79. The monoisotopic (exact) mass is 196 g/mol. The fourth-order valence-corrected chi connectivity index (χ4v) is 1.13. The summed E-state index contributed by atoms with van der Waals surface area (Å²) >= 11 is 0. The zero-order valence-electron chi connectivity index (χ0n) is 8.78. The maximum absolute atomic E-state index is 11.3. The molecule has 0 aliphatic heterocycles. The minimum Gasteiger partial charge on any atom is -0.456 e. The minimum absolute atomic E-state index is 0.171. The molecule has 4 nitrogen and oxygen atoms in total. The van der Waals surface area contributed by atoms with Crippen LogP contribution in [0, 0.1) is 5.92 Å². The molecule has 0 fully saturated rings. The van der Waals surface area contributed by atoms with Crippen LogP contribution in [-0.4, -0.2) is 15.9 Å². The van der Waals surface area contributed by atoms with Gasteiger partial charge in [-0.3, -0.25) is 4.79 Å². The van der Waals surface area contributed by atoms with Crippen LogP contribution in [-0.2, 0) is 9.53 Å². The number of imidazole rings is 1. The van der Waals surface area contributed by atoms with Gasteiger partial charge in [0.2, 0.25) is 0 Å². The average molecular weight is 196 g/mol. The van der Waals surface area contributed by atoms with Gasteiger partial charge in [0.1, 0.15) is 6.10 Å². The molecule has 0 aliphatic rings. The molecule has 0 bridgehead atoms. The average Bonchev–Trinajstić information content (AvgIpc) is 2.53. The number of esters is 1. The molecule has 0 aliphatic carbocycles. The summed E-state index contributed by atoms with van der Waals surface area (Å²) in [4.78, 5) is 18.1. The van der Waals surface area contributed by atoms with E-state index in [1.54, 1.807) is 12.5 Å². The van der Waals surface area contributed by atoms with Crippen molar-refractivity contribution in [3.63, 3.8) is 0 Å². The number of nitrogens with zero attached hydrogens (tertiary/aromatic N) is 1. The number of aromatic amines is 1. The second-order valence-corrected chi connectivity index (χ2v) is 3.72. The van der Waals surface area contributed by atoms with Gasteiger partial charge in [0, 0.05) is 12.6 Å². The van der Waals surface area contributed by atoms with Gasteiger partial charge in [-0.05, 0) is 12.8 Å². The number of nitrogens with one attached hydrogen (secondary N) is 1. The standard InChI is InChI=1S/C10H16N2O2/c1-7(2)4-10(13)14-8(3)9-5-11-6-12-9/h5-8H,4H2,1-3H3,(H,11,12)/t8-/m0/s1. The van der Waals surface area contributed by atoms with Crippen LogP contribution in [0.1, 0.15) is 39.0 Å². The second kappa shape index (κ2) is 4.79. The minimum atomic E-state index is -0.271. The number of aromatic nitrogens is 2. The predicted molar refractivity (Wildman–Crippen MR) is 52.5 cm³/mol. The third-order valence-corrected chi connectivity index (χ3v) is 1.82. The van der Waals surface area contributed by atoms with Gasteiger partial charge in [0.05, 0.1) is 12.0 Å². The molecule has 78 valence electrons. The first-order chi connectivity index (χ1) is 6.59. The molecular weight excluding hydrogens is 180 g/mol. The van der Waals surface area contributed by atoms with E-state index >= 15 is 0 Å². The van der Waals surface area contributed by atoms with Gasteiger partial charge in [-0.2, -0.15) is 0 Å². The van der Waals surface area contributed by atoms with Gasteiger partial charge in [-0.15, -0.1) is 0 Å². The number of H-pyrrole nitrogens is 1. The third kappa shape index (κ3) is 3.20. The topological polar surface area (TPSA) is 55.0 Å². The molecule has 1 heterocycles. The first-order valence-corrected chi connectivity index (χ1v) is 4.77. The van der Waals surface area contributed by atoms with Crippen molar-refractivity contribution in [2.75, 3.05) is 0 Å². The molecule has 1 aromatic rings. The number of hydrogen-bond acceptors (Lipinski definition) is 3. The van der Waals surface area contributed by atoms with Crippen molar-refractivity contribution in [2.24, 2.45) is 5.92 Å². The lowest BCUT2D eigenvalue weighted by Crippen LogP contribution is -2.11. The summed E-state index contributed by atoms with van der Waals surface area (Å²) in [6, 6.07) is 0. The number of rotatable bonds is 4. The third-order valence-electron chi connectivity index (χ3n) is 1.82. The van der Waals surface area contributed by atoms with Crippen LogP contribution in [0.5, 0.6) is 0 Å². The number of carbonyl (C=O) groups excluding carboxylic acids is 1. The Hall–Kier alpha value is -1.32. The molecule has 0 unspecified atom stereocenters. The van der Waals surface area contributed by atoms with Crippen molar-refractivity contribution in [1.29, 1.82) is 0 Å². The summed E-state index contributed by atoms with van der Waals surface area (Å²) < 4.78 is 5.18. The number of hydrogen-bond donors (Lipinski definition) is 1. The van der Waals surface area contributed by atoms with E-state index in [2.05, 4.69) is 9.97 Å². The highest BCUT2D eigenvalue weighted by Gasteiger charge is 2.13. The van der Waals surface area contributed by atoms with E-state index in [0.717, 1.165) is 5.69 Å². The fraction of sp³-hybridized carbons (Fsp3) is 0.600. The van der Waals surface area contributed by atoms with Crippen LogP contribution >= 0.6 is 0 Å². The summed E-state index contributed by atoms with van der Waals surface area (Å²) in [5.41, 5.74) is 0.752. The highest BCUT2D eigenvalue weighted by Crippen LogP contribution is 2.14. The molecule has 1 N–H and O–H groups in total. The first kappa shape index (κ1) is 10.8. The quantitative estimate of drug-likeness (QED) is 0.750. The molecule has 14 heavy (non-hydrogen) atoms. The molecule has 4 heteroatoms. The van der Waals surface area contributed by atoms with Crippen LogP contribution in [0.3, 0.4) is 0 Å². The lowest BCUT2D eigenvalue weighted by Gasteiger charge is -2.11. The van der Waals surface area contributed by atoms with Gasteiger partial charge >= 0.3 is 5.97 Å². The Labute approximate surface area is 83.7 Å². The number of carbonyl (C=O) groups is 1. The van der Waals surface area contributed by atoms with Crippen LogP contribution in [0.2, 0.25) is 0 Å². The van der Waals surface area contributed by atoms with Gasteiger partial charge < -0.3 is 9.72 Å². The number of ether oxygens (including phenoxy) is 1. The van der Waals surface area contributed by atoms with Crippen LogP contribution < -0.4 is 0 Å². The van der Waals surface area contributed by atoms with Crippen LogP contribution in [0.25, 0.3) is 0 Å². The normalized spacial score (nSPS) is 12.9. The van der Waals surface area contributed by atoms with Crippen molar-refractivity contribution in [3.05, 3.63) is 18.2 Å². The van der Waals surface area contributed by atoms with Gasteiger partial charge in [-0.1, -0.05) is 13.8 Å². The second-order valence-electron chi connectivity index (χ2n) is 3.72. The maximum atomic E-state index is 11.3. The van der Waals surface area contributed by atoms with Crippen molar-refractivity contribution in [3.8, 4) is 0 Å². The summed E-state index contributed by atoms with van der Waals surface area (Å²) in [7, 11) is 0. The lowest BCUT2D eigenvalue weighted by atomic mass is 10.1. The summed E-state index contributed by atoms with van der Waals surface area (Å²) in [5, 5.41) is 0. The summed E-state index contributed by atoms with van der Waals surface area (Å²) in [5.74, 6) is 0.157. The van der Waals surface area contributed by atoms with Gasteiger partial charge in [-0.25, -0.2) is 4.98 Å². The highest BCUT2D eigenvalue weighted by molar-refractivity contribution is 5.69. The molecule has 0 amide bonds. The molecule has 1 atom stereocenters. The first-order valence-electron chi connectivity index (χ1n) is 4.77. The molecule has 0 saturated carbocycles. The van der Waals surface area contributed by atoms with E-state index in [0.29, 0.717) is 12.3 Å². The Morgan fingerprint density at radius 2 is 2.29 bits per heavy atom. The lowest BCUT2D eigenvalue weighted by molar-refractivity contribution is -0.149. The largest absolute Gasteiger partial charge is 0.456 e. The molecule has 1 rings (SSSR count). The molecule has 0 radical (unpaired) electrons. The Balaban J connectivity index is 2.41. The fourth-order valence-electron chi connectivity index (χ4n) is 1.13. The summed E-state index contributed by atoms with van der Waals surface area (Å²) in [6.07, 6.45) is 3.48. The Morgan fingerprint density at radius 3 is 2.79 bits per heavy atom. The van der Waals surface area contributed by atoms with Crippen LogP contribution in [0.15, 0.2) is 12.5 Å².